The Morgan fingerprint density at radius 1 is 1.16 bits per heavy atom. The summed E-state index contributed by atoms with van der Waals surface area (Å²) in [7, 11) is -0.938. The molecular weight excluding hydrogens is 337 g/mol. The molecule has 0 N–H and O–H groups in total. The smallest absolute Gasteiger partial charge is 0.123 e. The summed E-state index contributed by atoms with van der Waals surface area (Å²) in [5.41, 5.74) is 4.21. The van der Waals surface area contributed by atoms with Gasteiger partial charge in [0.1, 0.15) is 11.3 Å². The molecule has 0 aliphatic heterocycles. The highest BCUT2D eigenvalue weighted by Gasteiger charge is 2.15. The molecule has 3 aromatic rings. The average molecular weight is 357 g/mol. The molecule has 0 aliphatic rings. The molecule has 25 heavy (non-hydrogen) atoms. The molecule has 0 saturated heterocycles. The number of aromatic nitrogens is 3. The summed E-state index contributed by atoms with van der Waals surface area (Å²) < 4.78 is 27.4. The molecule has 0 radical (unpaired) electrons. The Morgan fingerprint density at radius 3 is 2.60 bits per heavy atom. The van der Waals surface area contributed by atoms with Crippen molar-refractivity contribution in [1.29, 1.82) is 0 Å². The van der Waals surface area contributed by atoms with E-state index in [1.807, 2.05) is 38.1 Å². The lowest BCUT2D eigenvalue weighted by Crippen LogP contribution is -2.10. The van der Waals surface area contributed by atoms with Crippen LogP contribution in [0.3, 0.4) is 0 Å². The topological polar surface area (TPSA) is 47.8 Å². The Kier molecular flexibility index (Phi) is 5.38. The van der Waals surface area contributed by atoms with Crippen molar-refractivity contribution in [3.05, 3.63) is 65.5 Å². The predicted molar refractivity (Wildman–Crippen MR) is 100 cm³/mol. The first-order chi connectivity index (χ1) is 12.1. The highest BCUT2D eigenvalue weighted by molar-refractivity contribution is 7.85. The maximum Gasteiger partial charge on any atom is 0.123 e. The van der Waals surface area contributed by atoms with Gasteiger partial charge in [-0.15, -0.1) is 5.10 Å². The van der Waals surface area contributed by atoms with Crippen LogP contribution in [0.2, 0.25) is 0 Å². The number of fused-ring (bicyclic) bond motifs is 1. The van der Waals surface area contributed by atoms with Gasteiger partial charge in [-0.25, -0.2) is 9.07 Å². The molecule has 1 heterocycles. The normalized spacial score (nSPS) is 13.7. The maximum absolute atomic E-state index is 13.4. The van der Waals surface area contributed by atoms with E-state index in [1.165, 1.54) is 12.1 Å². The molecule has 0 spiro atoms. The molecule has 1 atom stereocenters. The van der Waals surface area contributed by atoms with Crippen molar-refractivity contribution in [3.8, 4) is 0 Å². The number of rotatable bonds is 6. The van der Waals surface area contributed by atoms with Gasteiger partial charge in [-0.2, -0.15) is 0 Å². The van der Waals surface area contributed by atoms with Crippen LogP contribution in [0.5, 0.6) is 0 Å². The van der Waals surface area contributed by atoms with Crippen molar-refractivity contribution in [2.75, 3.05) is 11.5 Å². The first-order valence-electron chi connectivity index (χ1n) is 8.21. The third-order valence-corrected chi connectivity index (χ3v) is 5.51. The number of hydrogen-bond acceptors (Lipinski definition) is 3. The molecule has 0 saturated carbocycles. The van der Waals surface area contributed by atoms with Crippen LogP contribution < -0.4 is 0 Å². The fourth-order valence-corrected chi connectivity index (χ4v) is 4.02. The molecule has 0 amide bonds. The molecule has 1 aromatic heterocycles. The summed E-state index contributed by atoms with van der Waals surface area (Å²) in [4.78, 5) is 0. The van der Waals surface area contributed by atoms with Crippen molar-refractivity contribution in [2.45, 2.75) is 20.3 Å². The average Bonchev–Trinajstić information content (AvgIpc) is 3.01. The van der Waals surface area contributed by atoms with Gasteiger partial charge >= 0.3 is 0 Å². The van der Waals surface area contributed by atoms with Crippen molar-refractivity contribution in [1.82, 2.24) is 15.0 Å². The van der Waals surface area contributed by atoms with Crippen LogP contribution in [0.1, 0.15) is 25.8 Å². The molecule has 3 rings (SSSR count). The Labute approximate surface area is 148 Å². The van der Waals surface area contributed by atoms with Gasteiger partial charge in [-0.05, 0) is 55.3 Å². The summed E-state index contributed by atoms with van der Waals surface area (Å²) in [6.45, 7) is 3.96. The van der Waals surface area contributed by atoms with Crippen molar-refractivity contribution < 1.29 is 8.60 Å². The van der Waals surface area contributed by atoms with E-state index in [0.717, 1.165) is 34.3 Å². The number of benzene rings is 2. The number of hydrogen-bond donors (Lipinski definition) is 0. The van der Waals surface area contributed by atoms with Gasteiger partial charge in [0.25, 0.3) is 0 Å². The van der Waals surface area contributed by atoms with Crippen molar-refractivity contribution in [2.24, 2.45) is 0 Å². The summed E-state index contributed by atoms with van der Waals surface area (Å²) in [5, 5.41) is 8.49. The van der Waals surface area contributed by atoms with Crippen molar-refractivity contribution in [3.63, 3.8) is 0 Å². The second-order valence-corrected chi connectivity index (χ2v) is 7.49. The van der Waals surface area contributed by atoms with Crippen LogP contribution >= 0.6 is 0 Å². The standard InChI is InChI=1S/C19H20FN3OS/c1-3-12-25(24)13-14(2)19(15-8-10-16(20)11-9-15)23-18-7-5-4-6-17(18)21-22-23/h4-11H,3,12-13H2,1-2H3/b19-14+/t25-/m1/s1. The summed E-state index contributed by atoms with van der Waals surface area (Å²) in [5.74, 6) is 0.819. The number of nitrogens with zero attached hydrogens (tertiary/aromatic N) is 3. The Bertz CT molecular complexity index is 931. The molecular formula is C19H20FN3OS. The Morgan fingerprint density at radius 2 is 1.88 bits per heavy atom. The van der Waals surface area contributed by atoms with Gasteiger partial charge in [-0.1, -0.05) is 24.3 Å². The fraction of sp³-hybridized carbons (Fsp3) is 0.263. The zero-order valence-electron chi connectivity index (χ0n) is 14.3. The molecule has 4 nitrogen and oxygen atoms in total. The van der Waals surface area contributed by atoms with E-state index in [0.29, 0.717) is 11.5 Å². The zero-order chi connectivity index (χ0) is 17.8. The third-order valence-electron chi connectivity index (χ3n) is 3.89. The van der Waals surface area contributed by atoms with Gasteiger partial charge in [0.05, 0.1) is 11.2 Å². The molecule has 0 aliphatic carbocycles. The van der Waals surface area contributed by atoms with E-state index in [1.54, 1.807) is 16.8 Å². The zero-order valence-corrected chi connectivity index (χ0v) is 15.1. The molecule has 2 aromatic carbocycles. The number of para-hydroxylation sites is 1. The predicted octanol–water partition coefficient (Wildman–Crippen LogP) is 4.01. The van der Waals surface area contributed by atoms with Crippen LogP contribution in [0, 0.1) is 5.82 Å². The van der Waals surface area contributed by atoms with Gasteiger partial charge < -0.3 is 0 Å². The van der Waals surface area contributed by atoms with E-state index in [4.69, 9.17) is 0 Å². The lowest BCUT2D eigenvalue weighted by atomic mass is 10.1. The Balaban J connectivity index is 2.15. The second-order valence-electron chi connectivity index (χ2n) is 5.91. The van der Waals surface area contributed by atoms with E-state index in [9.17, 15) is 8.60 Å². The minimum Gasteiger partial charge on any atom is -0.259 e. The fourth-order valence-electron chi connectivity index (χ4n) is 2.80. The molecule has 0 unspecified atom stereocenters. The third kappa shape index (κ3) is 3.85. The van der Waals surface area contributed by atoms with Crippen LogP contribution in [0.15, 0.2) is 54.1 Å². The monoisotopic (exact) mass is 357 g/mol. The minimum absolute atomic E-state index is 0.293. The maximum atomic E-state index is 13.4. The molecule has 0 bridgehead atoms. The van der Waals surface area contributed by atoms with Gasteiger partial charge in [-0.3, -0.25) is 4.21 Å². The van der Waals surface area contributed by atoms with E-state index in [2.05, 4.69) is 10.3 Å². The molecule has 6 heteroatoms. The van der Waals surface area contributed by atoms with E-state index in [-0.39, 0.29) is 5.82 Å². The van der Waals surface area contributed by atoms with Crippen LogP contribution in [0.25, 0.3) is 16.7 Å². The first-order valence-corrected chi connectivity index (χ1v) is 9.70. The number of halogens is 1. The van der Waals surface area contributed by atoms with E-state index < -0.39 is 10.8 Å². The minimum atomic E-state index is -0.938. The lowest BCUT2D eigenvalue weighted by Gasteiger charge is -2.13. The summed E-state index contributed by atoms with van der Waals surface area (Å²) >= 11 is 0. The van der Waals surface area contributed by atoms with E-state index >= 15 is 0 Å². The van der Waals surface area contributed by atoms with Gasteiger partial charge in [0.2, 0.25) is 0 Å². The van der Waals surface area contributed by atoms with Crippen molar-refractivity contribution >= 4 is 27.5 Å². The Hall–Kier alpha value is -2.34. The highest BCUT2D eigenvalue weighted by Crippen LogP contribution is 2.25. The highest BCUT2D eigenvalue weighted by atomic mass is 32.2. The first kappa shape index (κ1) is 17.5. The van der Waals surface area contributed by atoms with Crippen LogP contribution in [-0.4, -0.2) is 30.7 Å². The quantitative estimate of drug-likeness (QED) is 0.670. The summed E-state index contributed by atoms with van der Waals surface area (Å²) in [6, 6.07) is 13.9. The van der Waals surface area contributed by atoms with Crippen LogP contribution in [-0.2, 0) is 10.8 Å². The second kappa shape index (κ2) is 7.70. The summed E-state index contributed by atoms with van der Waals surface area (Å²) in [6.07, 6.45) is 0.873. The molecule has 130 valence electrons. The van der Waals surface area contributed by atoms with Crippen LogP contribution in [0.4, 0.5) is 4.39 Å². The van der Waals surface area contributed by atoms with Gasteiger partial charge in [0.15, 0.2) is 0 Å². The largest absolute Gasteiger partial charge is 0.259 e. The lowest BCUT2D eigenvalue weighted by molar-refractivity contribution is 0.627. The SMILES string of the molecule is CCC[S@@](=O)C/C(C)=C(\c1ccc(F)cc1)n1nnc2ccccc21. The van der Waals surface area contributed by atoms with Gasteiger partial charge in [0, 0.05) is 27.9 Å². The molecule has 0 fully saturated rings.